The van der Waals surface area contributed by atoms with Crippen LogP contribution in [0.3, 0.4) is 0 Å². The van der Waals surface area contributed by atoms with Gasteiger partial charge in [-0.3, -0.25) is 9.69 Å². The molecule has 0 aliphatic carbocycles. The summed E-state index contributed by atoms with van der Waals surface area (Å²) in [7, 11) is 0. The molecule has 0 saturated carbocycles. The fourth-order valence-corrected chi connectivity index (χ4v) is 3.64. The third kappa shape index (κ3) is 2.37. The maximum atomic E-state index is 13.0. The number of aromatic nitrogens is 2. The number of nitrogens with zero attached hydrogens (tertiary/aromatic N) is 3. The fourth-order valence-electron chi connectivity index (χ4n) is 2.72. The SMILES string of the molecule is Cc1ccc(C2Nc3ccccc3C(=O)N2c2ccncn2)s1. The van der Waals surface area contributed by atoms with Gasteiger partial charge in [0.05, 0.1) is 5.56 Å². The summed E-state index contributed by atoms with van der Waals surface area (Å²) < 4.78 is 0. The Labute approximate surface area is 137 Å². The Hall–Kier alpha value is -2.73. The van der Waals surface area contributed by atoms with Gasteiger partial charge in [-0.1, -0.05) is 12.1 Å². The minimum atomic E-state index is -0.272. The first-order chi connectivity index (χ1) is 11.2. The summed E-state index contributed by atoms with van der Waals surface area (Å²) in [6.07, 6.45) is 2.83. The highest BCUT2D eigenvalue weighted by molar-refractivity contribution is 7.12. The molecule has 1 aromatic carbocycles. The van der Waals surface area contributed by atoms with Crippen LogP contribution in [0, 0.1) is 6.92 Å². The van der Waals surface area contributed by atoms with Crippen molar-refractivity contribution >= 4 is 28.7 Å². The molecule has 2 aromatic heterocycles. The number of rotatable bonds is 2. The topological polar surface area (TPSA) is 58.1 Å². The highest BCUT2D eigenvalue weighted by atomic mass is 32.1. The summed E-state index contributed by atoms with van der Waals surface area (Å²) in [5.41, 5.74) is 1.49. The van der Waals surface area contributed by atoms with E-state index in [-0.39, 0.29) is 12.1 Å². The Morgan fingerprint density at radius 2 is 2.04 bits per heavy atom. The van der Waals surface area contributed by atoms with E-state index < -0.39 is 0 Å². The van der Waals surface area contributed by atoms with E-state index in [1.165, 1.54) is 11.2 Å². The molecule has 114 valence electrons. The smallest absolute Gasteiger partial charge is 0.263 e. The van der Waals surface area contributed by atoms with E-state index in [1.807, 2.05) is 30.3 Å². The molecule has 3 heterocycles. The lowest BCUT2D eigenvalue weighted by molar-refractivity contribution is 0.0974. The van der Waals surface area contributed by atoms with Gasteiger partial charge in [0.2, 0.25) is 0 Å². The molecule has 1 atom stereocenters. The number of aryl methyl sites for hydroxylation is 1. The van der Waals surface area contributed by atoms with Crippen molar-refractivity contribution in [2.24, 2.45) is 0 Å². The normalized spacial score (nSPS) is 16.8. The number of para-hydroxylation sites is 1. The highest BCUT2D eigenvalue weighted by Crippen LogP contribution is 2.37. The number of hydrogen-bond acceptors (Lipinski definition) is 5. The summed E-state index contributed by atoms with van der Waals surface area (Å²) in [5.74, 6) is 0.525. The van der Waals surface area contributed by atoms with Gasteiger partial charge in [-0.05, 0) is 37.3 Å². The van der Waals surface area contributed by atoms with E-state index in [2.05, 4.69) is 28.3 Å². The number of anilines is 2. The van der Waals surface area contributed by atoms with Crippen LogP contribution in [0.5, 0.6) is 0 Å². The number of amides is 1. The van der Waals surface area contributed by atoms with Gasteiger partial charge in [-0.25, -0.2) is 9.97 Å². The van der Waals surface area contributed by atoms with Crippen LogP contribution in [-0.4, -0.2) is 15.9 Å². The quantitative estimate of drug-likeness (QED) is 0.783. The number of nitrogens with one attached hydrogen (secondary N) is 1. The van der Waals surface area contributed by atoms with Crippen molar-refractivity contribution in [3.8, 4) is 0 Å². The second-order valence-corrected chi connectivity index (χ2v) is 6.60. The highest BCUT2D eigenvalue weighted by Gasteiger charge is 2.35. The van der Waals surface area contributed by atoms with Crippen LogP contribution in [-0.2, 0) is 0 Å². The van der Waals surface area contributed by atoms with Crippen molar-refractivity contribution in [1.29, 1.82) is 0 Å². The van der Waals surface area contributed by atoms with Crippen LogP contribution in [0.2, 0.25) is 0 Å². The third-order valence-electron chi connectivity index (χ3n) is 3.77. The Morgan fingerprint density at radius 3 is 2.78 bits per heavy atom. The molecular formula is C17H14N4OS. The largest absolute Gasteiger partial charge is 0.360 e. The number of carbonyl (C=O) groups excluding carboxylic acids is 1. The van der Waals surface area contributed by atoms with Gasteiger partial charge in [0.1, 0.15) is 18.3 Å². The van der Waals surface area contributed by atoms with Crippen molar-refractivity contribution in [2.45, 2.75) is 13.1 Å². The summed E-state index contributed by atoms with van der Waals surface area (Å²) >= 11 is 1.67. The average Bonchev–Trinajstić information content (AvgIpc) is 3.02. The monoisotopic (exact) mass is 322 g/mol. The van der Waals surface area contributed by atoms with Crippen LogP contribution < -0.4 is 10.2 Å². The molecule has 0 bridgehead atoms. The molecule has 6 heteroatoms. The molecule has 0 saturated heterocycles. The van der Waals surface area contributed by atoms with E-state index >= 15 is 0 Å². The minimum absolute atomic E-state index is 0.0610. The summed E-state index contributed by atoms with van der Waals surface area (Å²) in [5, 5.41) is 3.46. The van der Waals surface area contributed by atoms with Gasteiger partial charge in [-0.15, -0.1) is 11.3 Å². The van der Waals surface area contributed by atoms with Crippen molar-refractivity contribution in [3.63, 3.8) is 0 Å². The summed E-state index contributed by atoms with van der Waals surface area (Å²) in [6, 6.07) is 13.4. The molecule has 5 nitrogen and oxygen atoms in total. The maximum Gasteiger partial charge on any atom is 0.263 e. The predicted octanol–water partition coefficient (Wildman–Crippen LogP) is 3.62. The van der Waals surface area contributed by atoms with Gasteiger partial charge in [0.15, 0.2) is 0 Å². The van der Waals surface area contributed by atoms with Gasteiger partial charge >= 0.3 is 0 Å². The Morgan fingerprint density at radius 1 is 1.17 bits per heavy atom. The van der Waals surface area contributed by atoms with Gasteiger partial charge in [0.25, 0.3) is 5.91 Å². The summed E-state index contributed by atoms with van der Waals surface area (Å²) in [4.78, 5) is 25.2. The molecule has 3 aromatic rings. The van der Waals surface area contributed by atoms with Crippen LogP contribution in [0.25, 0.3) is 0 Å². The molecule has 1 N–H and O–H groups in total. The van der Waals surface area contributed by atoms with E-state index in [1.54, 1.807) is 28.5 Å². The number of thiophene rings is 1. The van der Waals surface area contributed by atoms with Crippen LogP contribution >= 0.6 is 11.3 Å². The van der Waals surface area contributed by atoms with E-state index in [0.717, 1.165) is 10.6 Å². The Balaban J connectivity index is 1.86. The second kappa shape index (κ2) is 5.48. The average molecular weight is 322 g/mol. The Kier molecular flexibility index (Phi) is 3.31. The molecule has 0 radical (unpaired) electrons. The number of carbonyl (C=O) groups is 1. The molecule has 0 spiro atoms. The van der Waals surface area contributed by atoms with Crippen LogP contribution in [0.4, 0.5) is 11.5 Å². The van der Waals surface area contributed by atoms with Gasteiger partial charge in [-0.2, -0.15) is 0 Å². The van der Waals surface area contributed by atoms with E-state index in [0.29, 0.717) is 11.4 Å². The lowest BCUT2D eigenvalue weighted by Gasteiger charge is -2.36. The number of benzene rings is 1. The molecule has 1 aliphatic rings. The molecule has 0 fully saturated rings. The van der Waals surface area contributed by atoms with Crippen LogP contribution in [0.1, 0.15) is 26.3 Å². The standard InChI is InChI=1S/C17H14N4OS/c1-11-6-7-14(23-11)16-20-13-5-3-2-4-12(13)17(22)21(16)15-8-9-18-10-19-15/h2-10,16,20H,1H3. The van der Waals surface area contributed by atoms with E-state index in [4.69, 9.17) is 0 Å². The number of fused-ring (bicyclic) bond motifs is 1. The predicted molar refractivity (Wildman–Crippen MR) is 90.7 cm³/mol. The molecule has 1 aliphatic heterocycles. The third-order valence-corrected chi connectivity index (χ3v) is 4.82. The lowest BCUT2D eigenvalue weighted by atomic mass is 10.1. The fraction of sp³-hybridized carbons (Fsp3) is 0.118. The van der Waals surface area contributed by atoms with Crippen molar-refractivity contribution in [3.05, 3.63) is 70.3 Å². The van der Waals surface area contributed by atoms with Crippen molar-refractivity contribution in [1.82, 2.24) is 9.97 Å². The second-order valence-electron chi connectivity index (χ2n) is 5.28. The zero-order valence-corrected chi connectivity index (χ0v) is 13.2. The Bertz CT molecular complexity index is 862. The molecule has 4 rings (SSSR count). The zero-order chi connectivity index (χ0) is 15.8. The first-order valence-electron chi connectivity index (χ1n) is 7.25. The molecule has 23 heavy (non-hydrogen) atoms. The lowest BCUT2D eigenvalue weighted by Crippen LogP contribution is -2.43. The van der Waals surface area contributed by atoms with Gasteiger partial charge in [0, 0.05) is 21.6 Å². The van der Waals surface area contributed by atoms with Gasteiger partial charge < -0.3 is 5.32 Å². The number of hydrogen-bond donors (Lipinski definition) is 1. The molecule has 1 unspecified atom stereocenters. The van der Waals surface area contributed by atoms with Crippen molar-refractivity contribution < 1.29 is 4.79 Å². The zero-order valence-electron chi connectivity index (χ0n) is 12.4. The summed E-state index contributed by atoms with van der Waals surface area (Å²) in [6.45, 7) is 2.06. The molecular weight excluding hydrogens is 308 g/mol. The maximum absolute atomic E-state index is 13.0. The van der Waals surface area contributed by atoms with E-state index in [9.17, 15) is 4.79 Å². The van der Waals surface area contributed by atoms with Crippen LogP contribution in [0.15, 0.2) is 55.0 Å². The van der Waals surface area contributed by atoms with Crippen molar-refractivity contribution in [2.75, 3.05) is 10.2 Å². The minimum Gasteiger partial charge on any atom is -0.360 e. The first kappa shape index (κ1) is 13.9. The molecule has 1 amide bonds. The first-order valence-corrected chi connectivity index (χ1v) is 8.07.